The summed E-state index contributed by atoms with van der Waals surface area (Å²) in [6.07, 6.45) is 3.23. The highest BCUT2D eigenvalue weighted by Gasteiger charge is 2.49. The monoisotopic (exact) mass is 256 g/mol. The fourth-order valence-corrected chi connectivity index (χ4v) is 2.30. The van der Waals surface area contributed by atoms with Crippen molar-refractivity contribution in [2.75, 3.05) is 34.2 Å². The molecule has 3 N–H and O–H groups in total. The first-order valence-electron chi connectivity index (χ1n) is 6.32. The van der Waals surface area contributed by atoms with E-state index in [0.717, 1.165) is 19.4 Å². The molecule has 6 nitrogen and oxygen atoms in total. The number of nitrogens with zero attached hydrogens (tertiary/aromatic N) is 3. The van der Waals surface area contributed by atoms with Crippen LogP contribution in [0.15, 0.2) is 5.16 Å². The molecule has 1 aliphatic carbocycles. The van der Waals surface area contributed by atoms with Gasteiger partial charge in [0, 0.05) is 13.6 Å². The molecular formula is C12H24N4O2. The molecule has 0 aromatic carbocycles. The Labute approximate surface area is 108 Å². The van der Waals surface area contributed by atoms with Crippen molar-refractivity contribution in [2.24, 2.45) is 16.3 Å². The zero-order chi connectivity index (χ0) is 13.8. The lowest BCUT2D eigenvalue weighted by atomic mass is 9.67. The summed E-state index contributed by atoms with van der Waals surface area (Å²) in [6, 6.07) is 0. The number of carbonyl (C=O) groups is 1. The minimum absolute atomic E-state index is 0.0252. The highest BCUT2D eigenvalue weighted by Crippen LogP contribution is 2.42. The number of rotatable bonds is 6. The maximum atomic E-state index is 12.4. The zero-order valence-electron chi connectivity index (χ0n) is 11.5. The second kappa shape index (κ2) is 6.04. The third-order valence-electron chi connectivity index (χ3n) is 3.66. The van der Waals surface area contributed by atoms with Gasteiger partial charge in [-0.1, -0.05) is 11.6 Å². The predicted molar refractivity (Wildman–Crippen MR) is 70.5 cm³/mol. The molecule has 1 amide bonds. The van der Waals surface area contributed by atoms with E-state index in [4.69, 9.17) is 10.9 Å². The Balaban J connectivity index is 2.57. The average molecular weight is 256 g/mol. The van der Waals surface area contributed by atoms with Crippen molar-refractivity contribution in [1.82, 2.24) is 9.80 Å². The van der Waals surface area contributed by atoms with E-state index >= 15 is 0 Å². The molecule has 1 rings (SSSR count). The highest BCUT2D eigenvalue weighted by atomic mass is 16.4. The standard InChI is InChI=1S/C12H24N4O2/c1-15(2)8-5-9-16(3)11(17)12(6-4-7-12)10(13)14-18/h18H,4-9H2,1-3H3,(H2,13,14). The third-order valence-corrected chi connectivity index (χ3v) is 3.66. The largest absolute Gasteiger partial charge is 0.409 e. The molecule has 0 radical (unpaired) electrons. The molecule has 0 bridgehead atoms. The molecule has 104 valence electrons. The molecule has 0 unspecified atom stereocenters. The highest BCUT2D eigenvalue weighted by molar-refractivity contribution is 6.07. The van der Waals surface area contributed by atoms with Gasteiger partial charge in [0.1, 0.15) is 5.41 Å². The van der Waals surface area contributed by atoms with Crippen LogP contribution in [-0.4, -0.2) is 61.0 Å². The maximum Gasteiger partial charge on any atom is 0.236 e. The number of amides is 1. The Hall–Kier alpha value is -1.30. The number of oxime groups is 1. The van der Waals surface area contributed by atoms with Crippen molar-refractivity contribution < 1.29 is 10.0 Å². The Morgan fingerprint density at radius 3 is 2.33 bits per heavy atom. The summed E-state index contributed by atoms with van der Waals surface area (Å²) in [6.45, 7) is 1.63. The predicted octanol–water partition coefficient (Wildman–Crippen LogP) is 0.313. The second-order valence-corrected chi connectivity index (χ2v) is 5.30. The molecule has 1 aliphatic rings. The van der Waals surface area contributed by atoms with Crippen LogP contribution in [0.5, 0.6) is 0 Å². The molecule has 1 fully saturated rings. The quantitative estimate of drug-likeness (QED) is 0.310. The Kier molecular flexibility index (Phi) is 4.95. The number of nitrogens with two attached hydrogens (primary N) is 1. The number of amidine groups is 1. The number of carbonyl (C=O) groups excluding carboxylic acids is 1. The van der Waals surface area contributed by atoms with Gasteiger partial charge in [-0.05, 0) is 39.9 Å². The van der Waals surface area contributed by atoms with Gasteiger partial charge in [0.05, 0.1) is 0 Å². The molecule has 6 heteroatoms. The van der Waals surface area contributed by atoms with Crippen LogP contribution in [0.4, 0.5) is 0 Å². The molecule has 0 heterocycles. The Morgan fingerprint density at radius 2 is 1.94 bits per heavy atom. The third kappa shape index (κ3) is 2.93. The van der Waals surface area contributed by atoms with Crippen molar-refractivity contribution in [2.45, 2.75) is 25.7 Å². The maximum absolute atomic E-state index is 12.4. The van der Waals surface area contributed by atoms with Crippen molar-refractivity contribution in [3.05, 3.63) is 0 Å². The van der Waals surface area contributed by atoms with E-state index < -0.39 is 5.41 Å². The Bertz CT molecular complexity index is 324. The molecule has 0 aromatic rings. The van der Waals surface area contributed by atoms with E-state index in [2.05, 4.69) is 10.1 Å². The molecule has 0 saturated heterocycles. The summed E-state index contributed by atoms with van der Waals surface area (Å²) in [4.78, 5) is 16.1. The van der Waals surface area contributed by atoms with E-state index in [1.807, 2.05) is 14.1 Å². The summed E-state index contributed by atoms with van der Waals surface area (Å²) in [7, 11) is 5.79. The number of hydrogen-bond acceptors (Lipinski definition) is 4. The molecule has 0 atom stereocenters. The Morgan fingerprint density at radius 1 is 1.33 bits per heavy atom. The van der Waals surface area contributed by atoms with Gasteiger partial charge in [0.2, 0.25) is 5.91 Å². The van der Waals surface area contributed by atoms with Crippen molar-refractivity contribution >= 4 is 11.7 Å². The summed E-state index contributed by atoms with van der Waals surface area (Å²) in [5.74, 6) is 0.0287. The fraction of sp³-hybridized carbons (Fsp3) is 0.833. The van der Waals surface area contributed by atoms with Crippen LogP contribution >= 0.6 is 0 Å². The van der Waals surface area contributed by atoms with Crippen LogP contribution in [0.25, 0.3) is 0 Å². The van der Waals surface area contributed by atoms with Gasteiger partial charge in [0.15, 0.2) is 5.84 Å². The van der Waals surface area contributed by atoms with Crippen LogP contribution in [0.2, 0.25) is 0 Å². The van der Waals surface area contributed by atoms with E-state index in [9.17, 15) is 4.79 Å². The van der Waals surface area contributed by atoms with Gasteiger partial charge < -0.3 is 20.7 Å². The lowest BCUT2D eigenvalue weighted by Crippen LogP contribution is -2.54. The van der Waals surface area contributed by atoms with Crippen molar-refractivity contribution in [3.63, 3.8) is 0 Å². The minimum atomic E-state index is -0.748. The average Bonchev–Trinajstić information content (AvgIpc) is 2.26. The topological polar surface area (TPSA) is 82.2 Å². The van der Waals surface area contributed by atoms with Crippen LogP contribution < -0.4 is 5.73 Å². The first kappa shape index (κ1) is 14.8. The molecule has 0 spiro atoms. The van der Waals surface area contributed by atoms with Gasteiger partial charge in [-0.2, -0.15) is 0 Å². The van der Waals surface area contributed by atoms with Gasteiger partial charge in [-0.3, -0.25) is 4.79 Å². The van der Waals surface area contributed by atoms with Crippen LogP contribution in [0, 0.1) is 5.41 Å². The van der Waals surface area contributed by atoms with Gasteiger partial charge >= 0.3 is 0 Å². The van der Waals surface area contributed by atoms with Crippen molar-refractivity contribution in [3.8, 4) is 0 Å². The summed E-state index contributed by atoms with van der Waals surface area (Å²) >= 11 is 0. The van der Waals surface area contributed by atoms with E-state index in [-0.39, 0.29) is 11.7 Å². The van der Waals surface area contributed by atoms with Gasteiger partial charge in [0.25, 0.3) is 0 Å². The first-order valence-corrected chi connectivity index (χ1v) is 6.32. The minimum Gasteiger partial charge on any atom is -0.409 e. The van der Waals surface area contributed by atoms with E-state index in [1.165, 1.54) is 0 Å². The van der Waals surface area contributed by atoms with Crippen LogP contribution in [0.1, 0.15) is 25.7 Å². The first-order chi connectivity index (χ1) is 8.44. The molecule has 0 aliphatic heterocycles. The SMILES string of the molecule is CN(C)CCCN(C)C(=O)C1(C(N)=NO)CCC1. The van der Waals surface area contributed by atoms with Crippen LogP contribution in [-0.2, 0) is 4.79 Å². The summed E-state index contributed by atoms with van der Waals surface area (Å²) in [5, 5.41) is 11.8. The molecule has 1 saturated carbocycles. The number of hydrogen-bond donors (Lipinski definition) is 2. The summed E-state index contributed by atoms with van der Waals surface area (Å²) < 4.78 is 0. The molecule has 18 heavy (non-hydrogen) atoms. The molecule has 0 aromatic heterocycles. The zero-order valence-corrected chi connectivity index (χ0v) is 11.5. The van der Waals surface area contributed by atoms with E-state index in [1.54, 1.807) is 11.9 Å². The smallest absolute Gasteiger partial charge is 0.236 e. The summed E-state index contributed by atoms with van der Waals surface area (Å²) in [5.41, 5.74) is 4.92. The van der Waals surface area contributed by atoms with Crippen LogP contribution in [0.3, 0.4) is 0 Å². The van der Waals surface area contributed by atoms with E-state index in [0.29, 0.717) is 19.4 Å². The van der Waals surface area contributed by atoms with Gasteiger partial charge in [-0.15, -0.1) is 0 Å². The van der Waals surface area contributed by atoms with Gasteiger partial charge in [-0.25, -0.2) is 0 Å². The normalized spacial score (nSPS) is 18.6. The second-order valence-electron chi connectivity index (χ2n) is 5.30. The fourth-order valence-electron chi connectivity index (χ4n) is 2.30. The molecular weight excluding hydrogens is 232 g/mol. The lowest BCUT2D eigenvalue weighted by molar-refractivity contribution is -0.140. The lowest BCUT2D eigenvalue weighted by Gasteiger charge is -2.41. The van der Waals surface area contributed by atoms with Crippen molar-refractivity contribution in [1.29, 1.82) is 0 Å².